The Morgan fingerprint density at radius 3 is 2.62 bits per heavy atom. The molecule has 1 aliphatic rings. The summed E-state index contributed by atoms with van der Waals surface area (Å²) in [6.45, 7) is 7.50. The Morgan fingerprint density at radius 1 is 1.17 bits per heavy atom. The molecule has 1 atom stereocenters. The van der Waals surface area contributed by atoms with E-state index in [4.69, 9.17) is 0 Å². The second kappa shape index (κ2) is 8.86. The standard InChI is InChI=1S/C20H30N2O2/c1-4-5-6-7-8-11-21-20(24)17-13-19(23)22(14-17)18-10-9-15(2)16(3)12-18/h9-10,12,17H,4-8,11,13-14H2,1-3H3,(H,21,24). The number of carbonyl (C=O) groups excluding carboxylic acids is 2. The molecule has 2 rings (SSSR count). The van der Waals surface area contributed by atoms with Crippen LogP contribution in [-0.2, 0) is 9.59 Å². The highest BCUT2D eigenvalue weighted by atomic mass is 16.2. The van der Waals surface area contributed by atoms with Gasteiger partial charge in [-0.05, 0) is 43.5 Å². The van der Waals surface area contributed by atoms with E-state index < -0.39 is 0 Å². The third kappa shape index (κ3) is 4.83. The summed E-state index contributed by atoms with van der Waals surface area (Å²) in [7, 11) is 0. The monoisotopic (exact) mass is 330 g/mol. The van der Waals surface area contributed by atoms with E-state index in [2.05, 4.69) is 19.2 Å². The van der Waals surface area contributed by atoms with Gasteiger partial charge in [-0.1, -0.05) is 38.7 Å². The molecule has 0 spiro atoms. The second-order valence-electron chi connectivity index (χ2n) is 6.88. The van der Waals surface area contributed by atoms with Gasteiger partial charge in [-0.3, -0.25) is 9.59 Å². The van der Waals surface area contributed by atoms with Crippen molar-refractivity contribution in [2.45, 2.75) is 59.3 Å². The third-order valence-corrected chi connectivity index (χ3v) is 4.88. The van der Waals surface area contributed by atoms with Gasteiger partial charge in [0.25, 0.3) is 0 Å². The minimum absolute atomic E-state index is 0.0187. The highest BCUT2D eigenvalue weighted by Crippen LogP contribution is 2.26. The van der Waals surface area contributed by atoms with Crippen LogP contribution in [0, 0.1) is 19.8 Å². The van der Waals surface area contributed by atoms with Crippen molar-refractivity contribution in [3.8, 4) is 0 Å². The molecule has 0 radical (unpaired) electrons. The van der Waals surface area contributed by atoms with Gasteiger partial charge in [-0.15, -0.1) is 0 Å². The normalized spacial score (nSPS) is 17.4. The molecule has 132 valence electrons. The van der Waals surface area contributed by atoms with Gasteiger partial charge in [0, 0.05) is 25.2 Å². The highest BCUT2D eigenvalue weighted by Gasteiger charge is 2.34. The lowest BCUT2D eigenvalue weighted by atomic mass is 10.1. The molecule has 0 saturated carbocycles. The minimum atomic E-state index is -0.227. The van der Waals surface area contributed by atoms with E-state index in [1.165, 1.54) is 30.4 Å². The van der Waals surface area contributed by atoms with Gasteiger partial charge < -0.3 is 10.2 Å². The number of amides is 2. The van der Waals surface area contributed by atoms with Crippen LogP contribution in [0.25, 0.3) is 0 Å². The number of carbonyl (C=O) groups is 2. The Balaban J connectivity index is 1.82. The number of nitrogens with zero attached hydrogens (tertiary/aromatic N) is 1. The predicted molar refractivity (Wildman–Crippen MR) is 98.1 cm³/mol. The van der Waals surface area contributed by atoms with Crippen LogP contribution < -0.4 is 10.2 Å². The number of rotatable bonds is 8. The maximum atomic E-state index is 12.3. The molecule has 4 nitrogen and oxygen atoms in total. The van der Waals surface area contributed by atoms with Crippen LogP contribution in [0.1, 0.15) is 56.6 Å². The van der Waals surface area contributed by atoms with Crippen molar-refractivity contribution in [3.63, 3.8) is 0 Å². The van der Waals surface area contributed by atoms with Crippen molar-refractivity contribution in [1.82, 2.24) is 5.32 Å². The second-order valence-corrected chi connectivity index (χ2v) is 6.88. The summed E-state index contributed by atoms with van der Waals surface area (Å²) in [5, 5.41) is 3.00. The summed E-state index contributed by atoms with van der Waals surface area (Å²) in [4.78, 5) is 26.3. The first-order valence-electron chi connectivity index (χ1n) is 9.18. The smallest absolute Gasteiger partial charge is 0.227 e. The van der Waals surface area contributed by atoms with Crippen LogP contribution in [0.5, 0.6) is 0 Å². The molecule has 1 aromatic carbocycles. The van der Waals surface area contributed by atoms with E-state index in [0.717, 1.165) is 25.1 Å². The van der Waals surface area contributed by atoms with E-state index >= 15 is 0 Å². The molecule has 1 saturated heterocycles. The summed E-state index contributed by atoms with van der Waals surface area (Å²) in [5.74, 6) is -0.165. The first kappa shape index (κ1) is 18.5. The van der Waals surface area contributed by atoms with Crippen LogP contribution in [0.2, 0.25) is 0 Å². The molecule has 1 heterocycles. The zero-order chi connectivity index (χ0) is 17.5. The molecule has 4 heteroatoms. The number of nitrogens with one attached hydrogen (secondary N) is 1. The summed E-state index contributed by atoms with van der Waals surface area (Å²) in [5.41, 5.74) is 3.28. The maximum absolute atomic E-state index is 12.3. The number of benzene rings is 1. The van der Waals surface area contributed by atoms with Gasteiger partial charge in [-0.25, -0.2) is 0 Å². The number of unbranched alkanes of at least 4 members (excludes halogenated alkanes) is 4. The van der Waals surface area contributed by atoms with Gasteiger partial charge in [-0.2, -0.15) is 0 Å². The third-order valence-electron chi connectivity index (χ3n) is 4.88. The Labute approximate surface area is 145 Å². The lowest BCUT2D eigenvalue weighted by Gasteiger charge is -2.18. The number of hydrogen-bond donors (Lipinski definition) is 1. The Morgan fingerprint density at radius 2 is 1.92 bits per heavy atom. The van der Waals surface area contributed by atoms with Gasteiger partial charge in [0.2, 0.25) is 11.8 Å². The molecule has 2 amide bonds. The number of aryl methyl sites for hydroxylation is 2. The van der Waals surface area contributed by atoms with Crippen molar-refractivity contribution >= 4 is 17.5 Å². The fourth-order valence-corrected chi connectivity index (χ4v) is 3.11. The van der Waals surface area contributed by atoms with Crippen molar-refractivity contribution in [2.24, 2.45) is 5.92 Å². The molecule has 0 aromatic heterocycles. The minimum Gasteiger partial charge on any atom is -0.356 e. The van der Waals surface area contributed by atoms with Crippen LogP contribution in [-0.4, -0.2) is 24.9 Å². The zero-order valence-corrected chi connectivity index (χ0v) is 15.2. The van der Waals surface area contributed by atoms with E-state index in [0.29, 0.717) is 13.0 Å². The lowest BCUT2D eigenvalue weighted by Crippen LogP contribution is -2.33. The Hall–Kier alpha value is -1.84. The Kier molecular flexibility index (Phi) is 6.83. The Bertz CT molecular complexity index is 583. The molecule has 1 fully saturated rings. The van der Waals surface area contributed by atoms with E-state index in [1.54, 1.807) is 4.90 Å². The summed E-state index contributed by atoms with van der Waals surface area (Å²) in [6, 6.07) is 6.02. The van der Waals surface area contributed by atoms with E-state index in [9.17, 15) is 9.59 Å². The van der Waals surface area contributed by atoms with E-state index in [1.807, 2.05) is 25.1 Å². The molecule has 0 bridgehead atoms. The first-order valence-corrected chi connectivity index (χ1v) is 9.18. The van der Waals surface area contributed by atoms with Crippen molar-refractivity contribution < 1.29 is 9.59 Å². The van der Waals surface area contributed by atoms with Crippen molar-refractivity contribution in [1.29, 1.82) is 0 Å². The number of hydrogen-bond acceptors (Lipinski definition) is 2. The predicted octanol–water partition coefficient (Wildman–Crippen LogP) is 3.74. The van der Waals surface area contributed by atoms with Crippen molar-refractivity contribution in [3.05, 3.63) is 29.3 Å². The summed E-state index contributed by atoms with van der Waals surface area (Å²) in [6.07, 6.45) is 6.21. The van der Waals surface area contributed by atoms with Gasteiger partial charge in [0.05, 0.1) is 5.92 Å². The molecule has 24 heavy (non-hydrogen) atoms. The average Bonchev–Trinajstić information content (AvgIpc) is 2.95. The molecule has 0 aliphatic carbocycles. The van der Waals surface area contributed by atoms with Crippen LogP contribution >= 0.6 is 0 Å². The molecule has 1 aliphatic heterocycles. The van der Waals surface area contributed by atoms with Gasteiger partial charge in [0.15, 0.2) is 0 Å². The van der Waals surface area contributed by atoms with E-state index in [-0.39, 0.29) is 17.7 Å². The summed E-state index contributed by atoms with van der Waals surface area (Å²) >= 11 is 0. The fourth-order valence-electron chi connectivity index (χ4n) is 3.11. The fraction of sp³-hybridized carbons (Fsp3) is 0.600. The SMILES string of the molecule is CCCCCCCNC(=O)C1CC(=O)N(c2ccc(C)c(C)c2)C1. The summed E-state index contributed by atoms with van der Waals surface area (Å²) < 4.78 is 0. The quantitative estimate of drug-likeness (QED) is 0.738. The van der Waals surface area contributed by atoms with Crippen LogP contribution in [0.4, 0.5) is 5.69 Å². The zero-order valence-electron chi connectivity index (χ0n) is 15.2. The average molecular weight is 330 g/mol. The lowest BCUT2D eigenvalue weighted by molar-refractivity contribution is -0.126. The van der Waals surface area contributed by atoms with Gasteiger partial charge >= 0.3 is 0 Å². The largest absolute Gasteiger partial charge is 0.356 e. The molecule has 1 unspecified atom stereocenters. The van der Waals surface area contributed by atoms with Crippen LogP contribution in [0.15, 0.2) is 18.2 Å². The number of anilines is 1. The highest BCUT2D eigenvalue weighted by molar-refractivity contribution is 6.00. The first-order chi connectivity index (χ1) is 11.5. The molecular formula is C20H30N2O2. The van der Waals surface area contributed by atoms with Gasteiger partial charge in [0.1, 0.15) is 0 Å². The maximum Gasteiger partial charge on any atom is 0.227 e. The topological polar surface area (TPSA) is 49.4 Å². The van der Waals surface area contributed by atoms with Crippen LogP contribution in [0.3, 0.4) is 0 Å². The van der Waals surface area contributed by atoms with Crippen molar-refractivity contribution in [2.75, 3.05) is 18.0 Å². The molecular weight excluding hydrogens is 300 g/mol. The molecule has 1 aromatic rings. The molecule has 1 N–H and O–H groups in total.